The first-order valence-electron chi connectivity index (χ1n) is 9.76. The summed E-state index contributed by atoms with van der Waals surface area (Å²) >= 11 is 0. The Hall–Kier alpha value is -1.49. The molecule has 0 bridgehead atoms. The molecule has 1 aromatic heterocycles. The molecule has 0 spiro atoms. The first-order chi connectivity index (χ1) is 12.3. The second-order valence-electron chi connectivity index (χ2n) is 7.59. The van der Waals surface area contributed by atoms with Crippen molar-refractivity contribution in [1.82, 2.24) is 14.8 Å². The second kappa shape index (κ2) is 7.81. The van der Waals surface area contributed by atoms with Crippen molar-refractivity contribution in [1.29, 1.82) is 0 Å². The molecule has 1 saturated heterocycles. The van der Waals surface area contributed by atoms with E-state index in [2.05, 4.69) is 39.0 Å². The van der Waals surface area contributed by atoms with Crippen molar-refractivity contribution in [2.24, 2.45) is 0 Å². The van der Waals surface area contributed by atoms with E-state index in [0.29, 0.717) is 12.6 Å². The number of aromatic nitrogens is 1. The highest BCUT2D eigenvalue weighted by molar-refractivity contribution is 5.84. The van der Waals surface area contributed by atoms with E-state index in [1.165, 1.54) is 42.0 Å². The number of rotatable bonds is 5. The number of pyridine rings is 1. The van der Waals surface area contributed by atoms with Crippen LogP contribution in [0.15, 0.2) is 36.7 Å². The van der Waals surface area contributed by atoms with Crippen LogP contribution in [0.25, 0.3) is 10.8 Å². The number of hydrogen-bond acceptors (Lipinski definition) is 4. The van der Waals surface area contributed by atoms with Gasteiger partial charge in [0.2, 0.25) is 0 Å². The van der Waals surface area contributed by atoms with Gasteiger partial charge in [-0.05, 0) is 36.3 Å². The summed E-state index contributed by atoms with van der Waals surface area (Å²) in [6.07, 6.45) is 10.2. The largest absolute Gasteiger partial charge is 0.396 e. The van der Waals surface area contributed by atoms with Gasteiger partial charge in [0.15, 0.2) is 0 Å². The zero-order valence-corrected chi connectivity index (χ0v) is 15.0. The zero-order chi connectivity index (χ0) is 17.1. The first-order valence-corrected chi connectivity index (χ1v) is 9.76. The molecular weight excluding hydrogens is 310 g/mol. The Balaban J connectivity index is 1.48. The van der Waals surface area contributed by atoms with E-state index in [9.17, 15) is 5.11 Å². The first kappa shape index (κ1) is 17.0. The molecule has 2 fully saturated rings. The molecule has 1 saturated carbocycles. The summed E-state index contributed by atoms with van der Waals surface area (Å²) in [4.78, 5) is 9.51. The summed E-state index contributed by atoms with van der Waals surface area (Å²) in [6, 6.07) is 9.90. The fourth-order valence-electron chi connectivity index (χ4n) is 4.77. The third-order valence-corrected chi connectivity index (χ3v) is 6.03. The van der Waals surface area contributed by atoms with Crippen LogP contribution in [0.1, 0.15) is 37.7 Å². The van der Waals surface area contributed by atoms with Gasteiger partial charge < -0.3 is 5.11 Å². The molecule has 134 valence electrons. The highest BCUT2D eigenvalue weighted by Gasteiger charge is 2.32. The van der Waals surface area contributed by atoms with E-state index in [1.54, 1.807) is 0 Å². The lowest BCUT2D eigenvalue weighted by Gasteiger charge is -2.44. The van der Waals surface area contributed by atoms with Crippen molar-refractivity contribution in [3.05, 3.63) is 42.2 Å². The third-order valence-electron chi connectivity index (χ3n) is 6.03. The van der Waals surface area contributed by atoms with Gasteiger partial charge in [0.25, 0.3) is 0 Å². The quantitative estimate of drug-likeness (QED) is 0.909. The Kier molecular flexibility index (Phi) is 5.30. The van der Waals surface area contributed by atoms with Crippen LogP contribution in [-0.4, -0.2) is 58.2 Å². The molecule has 1 aliphatic carbocycles. The molecule has 1 N–H and O–H groups in total. The van der Waals surface area contributed by atoms with Gasteiger partial charge in [0, 0.05) is 62.6 Å². The second-order valence-corrected chi connectivity index (χ2v) is 7.59. The normalized spacial score (nSPS) is 23.5. The maximum atomic E-state index is 9.54. The van der Waals surface area contributed by atoms with Crippen molar-refractivity contribution in [3.63, 3.8) is 0 Å². The monoisotopic (exact) mass is 339 g/mol. The molecule has 4 heteroatoms. The van der Waals surface area contributed by atoms with Crippen LogP contribution in [0.2, 0.25) is 0 Å². The summed E-state index contributed by atoms with van der Waals surface area (Å²) in [5, 5.41) is 12.1. The third kappa shape index (κ3) is 3.71. The van der Waals surface area contributed by atoms with E-state index in [1.807, 2.05) is 12.4 Å². The molecule has 1 atom stereocenters. The predicted molar refractivity (Wildman–Crippen MR) is 101 cm³/mol. The van der Waals surface area contributed by atoms with Crippen molar-refractivity contribution < 1.29 is 5.11 Å². The predicted octanol–water partition coefficient (Wildman–Crippen LogP) is 3.05. The fraction of sp³-hybridized carbons (Fsp3) is 0.571. The molecule has 2 heterocycles. The zero-order valence-electron chi connectivity index (χ0n) is 15.0. The Morgan fingerprint density at radius 2 is 2.00 bits per heavy atom. The summed E-state index contributed by atoms with van der Waals surface area (Å²) in [7, 11) is 0. The molecule has 4 nitrogen and oxygen atoms in total. The number of fused-ring (bicyclic) bond motifs is 1. The van der Waals surface area contributed by atoms with E-state index < -0.39 is 0 Å². The minimum Gasteiger partial charge on any atom is -0.396 e. The van der Waals surface area contributed by atoms with Crippen molar-refractivity contribution >= 4 is 10.8 Å². The van der Waals surface area contributed by atoms with Crippen molar-refractivity contribution in [2.45, 2.75) is 50.7 Å². The number of aliphatic hydroxyl groups is 1. The SMILES string of the molecule is OCCC1CN(Cc2cccc3cnccc23)CCN1C1CCCC1. The van der Waals surface area contributed by atoms with Crippen LogP contribution < -0.4 is 0 Å². The van der Waals surface area contributed by atoms with Gasteiger partial charge in [-0.3, -0.25) is 14.8 Å². The van der Waals surface area contributed by atoms with E-state index in [0.717, 1.165) is 38.6 Å². The molecule has 0 amide bonds. The van der Waals surface area contributed by atoms with Crippen molar-refractivity contribution in [3.8, 4) is 0 Å². The summed E-state index contributed by atoms with van der Waals surface area (Å²) in [6.45, 7) is 4.61. The van der Waals surface area contributed by atoms with Gasteiger partial charge in [-0.15, -0.1) is 0 Å². The Labute approximate surface area is 150 Å². The molecule has 25 heavy (non-hydrogen) atoms. The maximum Gasteiger partial charge on any atom is 0.0446 e. The van der Waals surface area contributed by atoms with E-state index >= 15 is 0 Å². The molecule has 1 aromatic carbocycles. The average molecular weight is 339 g/mol. The van der Waals surface area contributed by atoms with Crippen LogP contribution in [0.5, 0.6) is 0 Å². The lowest BCUT2D eigenvalue weighted by molar-refractivity contribution is 0.0269. The van der Waals surface area contributed by atoms with Gasteiger partial charge in [-0.25, -0.2) is 0 Å². The van der Waals surface area contributed by atoms with Crippen LogP contribution >= 0.6 is 0 Å². The molecule has 1 aliphatic heterocycles. The van der Waals surface area contributed by atoms with Crippen LogP contribution in [0.4, 0.5) is 0 Å². The van der Waals surface area contributed by atoms with Gasteiger partial charge in [-0.1, -0.05) is 31.0 Å². The van der Waals surface area contributed by atoms with Gasteiger partial charge in [-0.2, -0.15) is 0 Å². The molecule has 1 unspecified atom stereocenters. The summed E-state index contributed by atoms with van der Waals surface area (Å²) < 4.78 is 0. The lowest BCUT2D eigenvalue weighted by atomic mass is 10.0. The summed E-state index contributed by atoms with van der Waals surface area (Å²) in [5.41, 5.74) is 1.39. The lowest BCUT2D eigenvalue weighted by Crippen LogP contribution is -2.56. The molecule has 4 rings (SSSR count). The van der Waals surface area contributed by atoms with Gasteiger partial charge >= 0.3 is 0 Å². The van der Waals surface area contributed by atoms with Gasteiger partial charge in [0.05, 0.1) is 0 Å². The molecule has 0 radical (unpaired) electrons. The minimum atomic E-state index is 0.293. The highest BCUT2D eigenvalue weighted by Crippen LogP contribution is 2.29. The molecular formula is C21H29N3O. The Bertz CT molecular complexity index is 693. The smallest absolute Gasteiger partial charge is 0.0446 e. The summed E-state index contributed by atoms with van der Waals surface area (Å²) in [5.74, 6) is 0. The molecule has 2 aliphatic rings. The van der Waals surface area contributed by atoms with Crippen LogP contribution in [0, 0.1) is 0 Å². The number of benzene rings is 1. The van der Waals surface area contributed by atoms with Gasteiger partial charge in [0.1, 0.15) is 0 Å². The van der Waals surface area contributed by atoms with E-state index in [4.69, 9.17) is 0 Å². The highest BCUT2D eigenvalue weighted by atomic mass is 16.3. The average Bonchev–Trinajstić information content (AvgIpc) is 3.17. The standard InChI is InChI=1S/C21H29N3O/c25-13-9-20-16-23(11-12-24(20)19-6-1-2-7-19)15-18-5-3-4-17-14-22-10-8-21(17)18/h3-5,8,10,14,19-20,25H,1-2,6-7,9,11-13,15-16H2. The number of aliphatic hydroxyl groups excluding tert-OH is 1. The topological polar surface area (TPSA) is 39.6 Å². The molecule has 2 aromatic rings. The Morgan fingerprint density at radius 1 is 1.12 bits per heavy atom. The van der Waals surface area contributed by atoms with E-state index in [-0.39, 0.29) is 0 Å². The number of piperazine rings is 1. The fourth-order valence-corrected chi connectivity index (χ4v) is 4.77. The minimum absolute atomic E-state index is 0.293. The Morgan fingerprint density at radius 3 is 2.84 bits per heavy atom. The number of hydrogen-bond donors (Lipinski definition) is 1. The van der Waals surface area contributed by atoms with Crippen LogP contribution in [-0.2, 0) is 6.54 Å². The number of nitrogens with zero attached hydrogens (tertiary/aromatic N) is 3. The van der Waals surface area contributed by atoms with Crippen molar-refractivity contribution in [2.75, 3.05) is 26.2 Å². The maximum absolute atomic E-state index is 9.54. The van der Waals surface area contributed by atoms with Crippen LogP contribution in [0.3, 0.4) is 0 Å².